The van der Waals surface area contributed by atoms with Crippen molar-refractivity contribution in [1.29, 1.82) is 0 Å². The highest BCUT2D eigenvalue weighted by Gasteiger charge is 2.21. The van der Waals surface area contributed by atoms with Gasteiger partial charge in [0.2, 0.25) is 5.43 Å². The Labute approximate surface area is 203 Å². The van der Waals surface area contributed by atoms with Crippen LogP contribution in [0.1, 0.15) is 65.4 Å². The summed E-state index contributed by atoms with van der Waals surface area (Å²) in [6.07, 6.45) is 12.1. The molecule has 0 unspecified atom stereocenters. The number of methoxy groups -OCH3 is 1. The SMILES string of the molecule is C=C(/C=C/C(C)C)/C=C(\C)c1oc2cc(OC)c(/C=C/C(C)C)c(O)c2c(=O)c1CC=C(C)C. The monoisotopic (exact) mass is 462 g/mol. The average molecular weight is 463 g/mol. The van der Waals surface area contributed by atoms with E-state index in [1.165, 1.54) is 7.11 Å². The molecule has 1 heterocycles. The van der Waals surface area contributed by atoms with Gasteiger partial charge in [-0.2, -0.15) is 0 Å². The second kappa shape index (κ2) is 11.7. The molecule has 0 saturated carbocycles. The first-order valence-electron chi connectivity index (χ1n) is 11.7. The summed E-state index contributed by atoms with van der Waals surface area (Å²) in [7, 11) is 1.53. The Morgan fingerprint density at radius 2 is 1.79 bits per heavy atom. The minimum Gasteiger partial charge on any atom is -0.506 e. The maximum atomic E-state index is 13.7. The minimum absolute atomic E-state index is 0.129. The summed E-state index contributed by atoms with van der Waals surface area (Å²) in [6, 6.07) is 1.67. The Balaban J connectivity index is 2.85. The molecule has 0 fully saturated rings. The third-order valence-corrected chi connectivity index (χ3v) is 5.29. The molecule has 0 spiro atoms. The van der Waals surface area contributed by atoms with E-state index in [4.69, 9.17) is 9.15 Å². The summed E-state index contributed by atoms with van der Waals surface area (Å²) >= 11 is 0. The van der Waals surface area contributed by atoms with E-state index in [0.717, 1.165) is 16.7 Å². The van der Waals surface area contributed by atoms with Gasteiger partial charge in [0.25, 0.3) is 0 Å². The van der Waals surface area contributed by atoms with Crippen molar-refractivity contribution in [3.05, 3.63) is 81.3 Å². The van der Waals surface area contributed by atoms with Crippen molar-refractivity contribution in [2.24, 2.45) is 11.8 Å². The molecule has 0 bridgehead atoms. The standard InChI is InChI=1S/C30H38O4/c1-18(2)10-13-21(7)16-22(8)30-24(15-12-20(5)6)29(32)27-26(34-30)17-25(33-9)23(28(27)31)14-11-19(3)4/h10-14,16-19,31H,7,15H2,1-6,8-9H3/b13-10+,14-11+,22-16+. The van der Waals surface area contributed by atoms with Crippen LogP contribution in [0.2, 0.25) is 0 Å². The molecule has 2 aromatic rings. The van der Waals surface area contributed by atoms with Crippen molar-refractivity contribution >= 4 is 22.6 Å². The van der Waals surface area contributed by atoms with Gasteiger partial charge in [-0.3, -0.25) is 4.79 Å². The lowest BCUT2D eigenvalue weighted by molar-refractivity contribution is 0.406. The summed E-state index contributed by atoms with van der Waals surface area (Å²) in [5.41, 5.74) is 3.71. The number of phenolic OH excluding ortho intramolecular Hbond substituents is 1. The molecule has 2 rings (SSSR count). The first kappa shape index (κ1) is 27.0. The molecular weight excluding hydrogens is 424 g/mol. The fourth-order valence-corrected chi connectivity index (χ4v) is 3.50. The molecule has 0 radical (unpaired) electrons. The minimum atomic E-state index is -0.246. The van der Waals surface area contributed by atoms with E-state index in [2.05, 4.69) is 26.5 Å². The van der Waals surface area contributed by atoms with Gasteiger partial charge in [-0.1, -0.05) is 70.2 Å². The predicted molar refractivity (Wildman–Crippen MR) is 144 cm³/mol. The number of phenols is 1. The van der Waals surface area contributed by atoms with E-state index >= 15 is 0 Å². The van der Waals surface area contributed by atoms with Crippen LogP contribution in [0.5, 0.6) is 11.5 Å². The summed E-state index contributed by atoms with van der Waals surface area (Å²) < 4.78 is 11.8. The van der Waals surface area contributed by atoms with Crippen molar-refractivity contribution in [2.75, 3.05) is 7.11 Å². The molecule has 1 N–H and O–H groups in total. The highest BCUT2D eigenvalue weighted by atomic mass is 16.5. The molecule has 0 aliphatic rings. The van der Waals surface area contributed by atoms with E-state index in [-0.39, 0.29) is 28.1 Å². The summed E-state index contributed by atoms with van der Waals surface area (Å²) in [5, 5.41) is 11.3. The molecule has 4 heteroatoms. The number of benzene rings is 1. The largest absolute Gasteiger partial charge is 0.506 e. The third-order valence-electron chi connectivity index (χ3n) is 5.29. The first-order chi connectivity index (χ1) is 16.0. The Morgan fingerprint density at radius 3 is 2.35 bits per heavy atom. The van der Waals surface area contributed by atoms with Gasteiger partial charge < -0.3 is 14.3 Å². The number of hydrogen-bond acceptors (Lipinski definition) is 4. The zero-order valence-electron chi connectivity index (χ0n) is 21.8. The average Bonchev–Trinajstić information content (AvgIpc) is 2.75. The molecule has 0 amide bonds. The van der Waals surface area contributed by atoms with Crippen LogP contribution in [0.3, 0.4) is 0 Å². The van der Waals surface area contributed by atoms with Gasteiger partial charge in [0.05, 0.1) is 12.7 Å². The van der Waals surface area contributed by atoms with Crippen molar-refractivity contribution in [2.45, 2.75) is 54.9 Å². The smallest absolute Gasteiger partial charge is 0.200 e. The summed E-state index contributed by atoms with van der Waals surface area (Å²) in [5.74, 6) is 1.49. The number of allylic oxidation sites excluding steroid dienone is 8. The normalized spacial score (nSPS) is 12.5. The maximum Gasteiger partial charge on any atom is 0.200 e. The topological polar surface area (TPSA) is 59.7 Å². The van der Waals surface area contributed by atoms with Crippen molar-refractivity contribution in [3.8, 4) is 11.5 Å². The quantitative estimate of drug-likeness (QED) is 0.304. The van der Waals surface area contributed by atoms with Gasteiger partial charge in [0.15, 0.2) is 0 Å². The van der Waals surface area contributed by atoms with Crippen LogP contribution in [-0.2, 0) is 6.42 Å². The number of rotatable bonds is 9. The zero-order valence-corrected chi connectivity index (χ0v) is 21.8. The highest BCUT2D eigenvalue weighted by Crippen LogP contribution is 2.37. The zero-order chi connectivity index (χ0) is 25.6. The van der Waals surface area contributed by atoms with Gasteiger partial charge in [-0.05, 0) is 56.3 Å². The highest BCUT2D eigenvalue weighted by molar-refractivity contribution is 5.91. The number of fused-ring (bicyclic) bond motifs is 1. The van der Waals surface area contributed by atoms with Crippen LogP contribution in [0.25, 0.3) is 22.6 Å². The van der Waals surface area contributed by atoms with Gasteiger partial charge in [0, 0.05) is 11.6 Å². The third kappa shape index (κ3) is 6.63. The van der Waals surface area contributed by atoms with Gasteiger partial charge in [-0.25, -0.2) is 0 Å². The van der Waals surface area contributed by atoms with Crippen LogP contribution < -0.4 is 10.2 Å². The lowest BCUT2D eigenvalue weighted by Crippen LogP contribution is -2.13. The summed E-state index contributed by atoms with van der Waals surface area (Å²) in [4.78, 5) is 13.7. The van der Waals surface area contributed by atoms with Gasteiger partial charge >= 0.3 is 0 Å². The Morgan fingerprint density at radius 1 is 1.15 bits per heavy atom. The van der Waals surface area contributed by atoms with Crippen molar-refractivity contribution in [1.82, 2.24) is 0 Å². The molecule has 34 heavy (non-hydrogen) atoms. The molecule has 4 nitrogen and oxygen atoms in total. The van der Waals surface area contributed by atoms with E-state index in [1.807, 2.05) is 58.9 Å². The van der Waals surface area contributed by atoms with Crippen LogP contribution in [0, 0.1) is 11.8 Å². The maximum absolute atomic E-state index is 13.7. The molecule has 1 aromatic heterocycles. The van der Waals surface area contributed by atoms with Crippen LogP contribution in [0.4, 0.5) is 0 Å². The molecular formula is C30H38O4. The van der Waals surface area contributed by atoms with Gasteiger partial charge in [0.1, 0.15) is 28.2 Å². The Kier molecular flexibility index (Phi) is 9.31. The molecule has 1 aromatic carbocycles. The second-order valence-corrected chi connectivity index (χ2v) is 9.55. The van der Waals surface area contributed by atoms with E-state index < -0.39 is 0 Å². The molecule has 0 aliphatic carbocycles. The fourth-order valence-electron chi connectivity index (χ4n) is 3.50. The second-order valence-electron chi connectivity index (χ2n) is 9.55. The molecule has 0 saturated heterocycles. The van der Waals surface area contributed by atoms with E-state index in [0.29, 0.717) is 35.0 Å². The Bertz CT molecular complexity index is 1230. The number of hydrogen-bond donors (Lipinski definition) is 1. The van der Waals surface area contributed by atoms with Crippen LogP contribution in [0.15, 0.2) is 63.4 Å². The lowest BCUT2D eigenvalue weighted by atomic mass is 9.98. The van der Waals surface area contributed by atoms with Crippen molar-refractivity contribution in [3.63, 3.8) is 0 Å². The lowest BCUT2D eigenvalue weighted by Gasteiger charge is -2.14. The Hall–Kier alpha value is -3.27. The number of aromatic hydroxyl groups is 1. The molecule has 0 aliphatic heterocycles. The number of ether oxygens (including phenoxy) is 1. The fraction of sp³-hybridized carbons (Fsp3) is 0.367. The van der Waals surface area contributed by atoms with E-state index in [1.54, 1.807) is 12.1 Å². The van der Waals surface area contributed by atoms with Crippen LogP contribution >= 0.6 is 0 Å². The molecule has 0 atom stereocenters. The van der Waals surface area contributed by atoms with Gasteiger partial charge in [-0.15, -0.1) is 0 Å². The van der Waals surface area contributed by atoms with Crippen LogP contribution in [-0.4, -0.2) is 12.2 Å². The van der Waals surface area contributed by atoms with Crippen molar-refractivity contribution < 1.29 is 14.3 Å². The molecule has 182 valence electrons. The summed E-state index contributed by atoms with van der Waals surface area (Å²) in [6.45, 7) is 18.3. The first-order valence-corrected chi connectivity index (χ1v) is 11.7. The van der Waals surface area contributed by atoms with E-state index in [9.17, 15) is 9.90 Å². The predicted octanol–water partition coefficient (Wildman–Crippen LogP) is 7.86.